The average Bonchev–Trinajstić information content (AvgIpc) is 2.60. The number of hydrogen-bond donors (Lipinski definition) is 1. The van der Waals surface area contributed by atoms with E-state index in [1.807, 2.05) is 6.92 Å². The fourth-order valence-electron chi connectivity index (χ4n) is 6.08. The van der Waals surface area contributed by atoms with Crippen LogP contribution in [0.15, 0.2) is 18.2 Å². The third-order valence-corrected chi connectivity index (χ3v) is 6.94. The van der Waals surface area contributed by atoms with E-state index >= 15 is 0 Å². The van der Waals surface area contributed by atoms with Crippen LogP contribution in [0.2, 0.25) is 0 Å². The molecule has 4 aliphatic rings. The van der Waals surface area contributed by atoms with Crippen molar-refractivity contribution >= 4 is 17.3 Å². The van der Waals surface area contributed by atoms with Gasteiger partial charge in [-0.2, -0.15) is 0 Å². The van der Waals surface area contributed by atoms with E-state index in [0.29, 0.717) is 0 Å². The molecule has 8 nitrogen and oxygen atoms in total. The summed E-state index contributed by atoms with van der Waals surface area (Å²) in [5, 5.41) is 25.1. The van der Waals surface area contributed by atoms with Gasteiger partial charge in [-0.05, 0) is 68.6 Å². The Morgan fingerprint density at radius 2 is 1.44 bits per heavy atom. The van der Waals surface area contributed by atoms with E-state index in [0.717, 1.165) is 55.2 Å². The molecule has 4 bridgehead atoms. The number of amides is 1. The highest BCUT2D eigenvalue weighted by atomic mass is 16.6. The van der Waals surface area contributed by atoms with Crippen molar-refractivity contribution in [2.75, 3.05) is 0 Å². The molecular weight excluding hydrogens is 350 g/mol. The van der Waals surface area contributed by atoms with E-state index in [1.165, 1.54) is 19.3 Å². The minimum Gasteiger partial charge on any atom is -0.349 e. The van der Waals surface area contributed by atoms with E-state index in [1.54, 1.807) is 0 Å². The summed E-state index contributed by atoms with van der Waals surface area (Å²) in [6, 6.07) is 3.03. The Hall–Kier alpha value is -2.51. The third-order valence-electron chi connectivity index (χ3n) is 6.94. The largest absolute Gasteiger partial charge is 0.349 e. The van der Waals surface area contributed by atoms with Gasteiger partial charge in [0.1, 0.15) is 0 Å². The molecule has 0 radical (unpaired) electrons. The van der Waals surface area contributed by atoms with Gasteiger partial charge in [-0.3, -0.25) is 25.0 Å². The van der Waals surface area contributed by atoms with Gasteiger partial charge in [0.25, 0.3) is 17.3 Å². The van der Waals surface area contributed by atoms with Crippen LogP contribution >= 0.6 is 0 Å². The van der Waals surface area contributed by atoms with Crippen molar-refractivity contribution in [3.05, 3.63) is 44.0 Å². The van der Waals surface area contributed by atoms with Crippen molar-refractivity contribution < 1.29 is 14.6 Å². The molecule has 0 spiro atoms. The maximum Gasteiger partial charge on any atom is 0.277 e. The van der Waals surface area contributed by atoms with Gasteiger partial charge in [0.2, 0.25) is 0 Å². The second-order valence-electron chi connectivity index (χ2n) is 8.73. The number of nitro groups is 2. The van der Waals surface area contributed by atoms with E-state index in [-0.39, 0.29) is 17.0 Å². The monoisotopic (exact) mass is 373 g/mol. The molecule has 1 N–H and O–H groups in total. The molecule has 0 heterocycles. The molecule has 0 aromatic heterocycles. The van der Waals surface area contributed by atoms with Crippen LogP contribution in [0.5, 0.6) is 0 Å². The highest BCUT2D eigenvalue weighted by Gasteiger charge is 2.53. The Labute approximate surface area is 156 Å². The van der Waals surface area contributed by atoms with Crippen LogP contribution < -0.4 is 5.32 Å². The molecule has 1 amide bonds. The number of nitrogens with one attached hydrogen (secondary N) is 1. The lowest BCUT2D eigenvalue weighted by Crippen LogP contribution is -2.55. The van der Waals surface area contributed by atoms with Gasteiger partial charge in [0.15, 0.2) is 0 Å². The molecule has 4 aliphatic carbocycles. The van der Waals surface area contributed by atoms with E-state index in [4.69, 9.17) is 0 Å². The number of nitro benzene ring substituents is 2. The van der Waals surface area contributed by atoms with Gasteiger partial charge in [-0.15, -0.1) is 0 Å². The van der Waals surface area contributed by atoms with Gasteiger partial charge in [-0.1, -0.05) is 0 Å². The first kappa shape index (κ1) is 17.9. The first-order valence-corrected chi connectivity index (χ1v) is 9.50. The van der Waals surface area contributed by atoms with Crippen LogP contribution in [-0.2, 0) is 0 Å². The molecular formula is C19H23N3O5. The first-order chi connectivity index (χ1) is 12.8. The first-order valence-electron chi connectivity index (χ1n) is 9.50. The number of carbonyl (C=O) groups is 1. The van der Waals surface area contributed by atoms with E-state index in [2.05, 4.69) is 5.32 Å². The molecule has 1 unspecified atom stereocenters. The molecule has 1 atom stereocenters. The fraction of sp³-hybridized carbons (Fsp3) is 0.632. The molecule has 4 fully saturated rings. The SMILES string of the molecule is CC(NC(=O)c1cc([N+](=O)[O-])cc([N+](=O)[O-])c1)C12CC3CC(CC(C3)C1)C2. The smallest absolute Gasteiger partial charge is 0.277 e. The van der Waals surface area contributed by atoms with Crippen molar-refractivity contribution in [2.45, 2.75) is 51.5 Å². The molecule has 144 valence electrons. The molecule has 27 heavy (non-hydrogen) atoms. The van der Waals surface area contributed by atoms with Gasteiger partial charge < -0.3 is 5.32 Å². The predicted molar refractivity (Wildman–Crippen MR) is 97.3 cm³/mol. The summed E-state index contributed by atoms with van der Waals surface area (Å²) in [5.74, 6) is 1.75. The average molecular weight is 373 g/mol. The van der Waals surface area contributed by atoms with E-state index in [9.17, 15) is 25.0 Å². The minimum atomic E-state index is -0.716. The molecule has 1 aromatic carbocycles. The summed E-state index contributed by atoms with van der Waals surface area (Å²) in [5.41, 5.74) is -0.835. The Balaban J connectivity index is 1.55. The third kappa shape index (κ3) is 3.17. The van der Waals surface area contributed by atoms with E-state index < -0.39 is 27.1 Å². The lowest BCUT2D eigenvalue weighted by Gasteiger charge is -2.59. The van der Waals surface area contributed by atoms with Crippen molar-refractivity contribution in [3.63, 3.8) is 0 Å². The van der Waals surface area contributed by atoms with Gasteiger partial charge in [-0.25, -0.2) is 0 Å². The summed E-state index contributed by atoms with van der Waals surface area (Å²) < 4.78 is 0. The van der Waals surface area contributed by atoms with Crippen molar-refractivity contribution in [2.24, 2.45) is 23.2 Å². The fourth-order valence-corrected chi connectivity index (χ4v) is 6.08. The Kier molecular flexibility index (Phi) is 4.16. The number of nitrogens with zero attached hydrogens (tertiary/aromatic N) is 2. The zero-order valence-corrected chi connectivity index (χ0v) is 15.2. The minimum absolute atomic E-state index is 0.0347. The molecule has 5 rings (SSSR count). The molecule has 0 aliphatic heterocycles. The topological polar surface area (TPSA) is 115 Å². The van der Waals surface area contributed by atoms with Crippen LogP contribution in [0, 0.1) is 43.4 Å². The maximum atomic E-state index is 12.7. The van der Waals surface area contributed by atoms with Crippen molar-refractivity contribution in [1.82, 2.24) is 5.32 Å². The second-order valence-corrected chi connectivity index (χ2v) is 8.73. The Morgan fingerprint density at radius 3 is 1.85 bits per heavy atom. The number of rotatable bonds is 5. The normalized spacial score (nSPS) is 32.1. The zero-order chi connectivity index (χ0) is 19.3. The lowest BCUT2D eigenvalue weighted by atomic mass is 9.48. The number of carbonyl (C=O) groups excluding carboxylic acids is 1. The molecule has 0 saturated heterocycles. The number of hydrogen-bond acceptors (Lipinski definition) is 5. The second kappa shape index (κ2) is 6.28. The number of benzene rings is 1. The van der Waals surface area contributed by atoms with Gasteiger partial charge in [0, 0.05) is 18.2 Å². The lowest BCUT2D eigenvalue weighted by molar-refractivity contribution is -0.394. The molecule has 4 saturated carbocycles. The van der Waals surface area contributed by atoms with Crippen LogP contribution in [0.3, 0.4) is 0 Å². The summed E-state index contributed by atoms with van der Waals surface area (Å²) in [6.07, 6.45) is 7.27. The summed E-state index contributed by atoms with van der Waals surface area (Å²) in [7, 11) is 0. The summed E-state index contributed by atoms with van der Waals surface area (Å²) in [4.78, 5) is 33.4. The van der Waals surface area contributed by atoms with Crippen LogP contribution in [0.25, 0.3) is 0 Å². The Morgan fingerprint density at radius 1 is 1.00 bits per heavy atom. The zero-order valence-electron chi connectivity index (χ0n) is 15.2. The standard InChI is InChI=1S/C19H23N3O5/c1-11(19-8-12-2-13(9-19)4-14(3-12)10-19)20-18(23)15-5-16(21(24)25)7-17(6-15)22(26)27/h5-7,11-14H,2-4,8-10H2,1H3,(H,20,23). The summed E-state index contributed by atoms with van der Waals surface area (Å²) in [6.45, 7) is 2.01. The van der Waals surface area contributed by atoms with Crippen LogP contribution in [0.4, 0.5) is 11.4 Å². The Bertz CT molecular complexity index is 754. The quantitative estimate of drug-likeness (QED) is 0.622. The predicted octanol–water partition coefficient (Wildman–Crippen LogP) is 3.84. The summed E-state index contributed by atoms with van der Waals surface area (Å²) >= 11 is 0. The highest BCUT2D eigenvalue weighted by molar-refractivity contribution is 5.95. The molecule has 1 aromatic rings. The van der Waals surface area contributed by atoms with Crippen LogP contribution in [0.1, 0.15) is 55.8 Å². The number of non-ortho nitro benzene ring substituents is 2. The highest BCUT2D eigenvalue weighted by Crippen LogP contribution is 2.61. The maximum absolute atomic E-state index is 12.7. The van der Waals surface area contributed by atoms with Gasteiger partial charge >= 0.3 is 0 Å². The molecule has 8 heteroatoms. The van der Waals surface area contributed by atoms with Gasteiger partial charge in [0.05, 0.1) is 21.5 Å². The van der Waals surface area contributed by atoms with Crippen molar-refractivity contribution in [1.29, 1.82) is 0 Å². The van der Waals surface area contributed by atoms with Crippen LogP contribution in [-0.4, -0.2) is 21.8 Å². The van der Waals surface area contributed by atoms with Crippen molar-refractivity contribution in [3.8, 4) is 0 Å².